The largest absolute Gasteiger partial charge is 0.468 e. The highest BCUT2D eigenvalue weighted by Crippen LogP contribution is 2.27. The second-order valence-corrected chi connectivity index (χ2v) is 7.37. The van der Waals surface area contributed by atoms with E-state index < -0.39 is 12.8 Å². The molecule has 11 heteroatoms. The lowest BCUT2D eigenvalue weighted by atomic mass is 9.93. The maximum absolute atomic E-state index is 12.4. The number of nitrogens with zero attached hydrogens (tertiary/aromatic N) is 5. The van der Waals surface area contributed by atoms with Crippen LogP contribution >= 0.6 is 24.0 Å². The summed E-state index contributed by atoms with van der Waals surface area (Å²) < 4.78 is 43.9. The molecule has 1 saturated heterocycles. The fourth-order valence-corrected chi connectivity index (χ4v) is 3.47. The molecular formula is C20H28F3IN6O. The van der Waals surface area contributed by atoms with Gasteiger partial charge in [0.1, 0.15) is 0 Å². The zero-order valence-corrected chi connectivity index (χ0v) is 19.9. The van der Waals surface area contributed by atoms with Crippen molar-refractivity contribution in [1.82, 2.24) is 24.8 Å². The summed E-state index contributed by atoms with van der Waals surface area (Å²) in [7, 11) is 0. The molecule has 0 aromatic carbocycles. The second-order valence-electron chi connectivity index (χ2n) is 7.37. The molecule has 3 heterocycles. The number of alkyl halides is 3. The van der Waals surface area contributed by atoms with Gasteiger partial charge in [0.2, 0.25) is 5.88 Å². The van der Waals surface area contributed by atoms with Crippen LogP contribution in [0.15, 0.2) is 42.0 Å². The smallest absolute Gasteiger partial charge is 0.422 e. The highest BCUT2D eigenvalue weighted by Gasteiger charge is 2.29. The first-order valence-electron chi connectivity index (χ1n) is 10.0. The molecule has 31 heavy (non-hydrogen) atoms. The van der Waals surface area contributed by atoms with Gasteiger partial charge < -0.3 is 19.5 Å². The lowest BCUT2D eigenvalue weighted by Crippen LogP contribution is -2.49. The number of likely N-dealkylation sites (tertiary alicyclic amines) is 1. The summed E-state index contributed by atoms with van der Waals surface area (Å²) in [5.41, 5.74) is 0.731. The molecule has 0 spiro atoms. The molecule has 3 rings (SSSR count). The number of nitrogens with one attached hydrogen (secondary N) is 1. The van der Waals surface area contributed by atoms with E-state index in [9.17, 15) is 13.2 Å². The number of rotatable bonds is 6. The molecule has 7 nitrogen and oxygen atoms in total. The Kier molecular flexibility index (Phi) is 9.38. The van der Waals surface area contributed by atoms with E-state index in [2.05, 4.69) is 31.7 Å². The molecule has 0 amide bonds. The van der Waals surface area contributed by atoms with Gasteiger partial charge in [-0.1, -0.05) is 6.92 Å². The lowest BCUT2D eigenvalue weighted by Gasteiger charge is -2.39. The number of pyridine rings is 1. The number of piperidine rings is 1. The van der Waals surface area contributed by atoms with Crippen LogP contribution in [0, 0.1) is 5.92 Å². The lowest BCUT2D eigenvalue weighted by molar-refractivity contribution is -0.154. The number of ether oxygens (including phenoxy) is 1. The minimum absolute atomic E-state index is 0. The second kappa shape index (κ2) is 11.5. The van der Waals surface area contributed by atoms with Gasteiger partial charge in [0.15, 0.2) is 12.6 Å². The van der Waals surface area contributed by atoms with Crippen LogP contribution in [0.4, 0.5) is 13.2 Å². The maximum atomic E-state index is 12.4. The monoisotopic (exact) mass is 552 g/mol. The van der Waals surface area contributed by atoms with Gasteiger partial charge in [0, 0.05) is 44.3 Å². The van der Waals surface area contributed by atoms with Crippen LogP contribution in [0.3, 0.4) is 0 Å². The molecule has 2 unspecified atom stereocenters. The molecule has 1 N–H and O–H groups in total. The van der Waals surface area contributed by atoms with Crippen molar-refractivity contribution in [3.05, 3.63) is 42.6 Å². The van der Waals surface area contributed by atoms with Crippen LogP contribution in [0.1, 0.15) is 31.9 Å². The van der Waals surface area contributed by atoms with Gasteiger partial charge in [0.05, 0.1) is 18.9 Å². The van der Waals surface area contributed by atoms with Crippen LogP contribution in [-0.2, 0) is 6.54 Å². The predicted molar refractivity (Wildman–Crippen MR) is 123 cm³/mol. The normalized spacial score (nSPS) is 19.6. The Morgan fingerprint density at radius 3 is 2.84 bits per heavy atom. The summed E-state index contributed by atoms with van der Waals surface area (Å²) in [6.07, 6.45) is 3.67. The SMILES string of the molecule is CCNC(=NCc1ccnc(OCC(F)(F)F)c1)N1CCC(C)C(n2ccnc2)C1.I. The predicted octanol–water partition coefficient (Wildman–Crippen LogP) is 3.89. The van der Waals surface area contributed by atoms with E-state index in [1.165, 1.54) is 12.3 Å². The summed E-state index contributed by atoms with van der Waals surface area (Å²) in [5.74, 6) is 1.24. The van der Waals surface area contributed by atoms with Gasteiger partial charge in [-0.25, -0.2) is 15.0 Å². The Bertz CT molecular complexity index is 831. The molecule has 0 bridgehead atoms. The topological polar surface area (TPSA) is 67.6 Å². The van der Waals surface area contributed by atoms with E-state index in [0.717, 1.165) is 37.6 Å². The van der Waals surface area contributed by atoms with E-state index >= 15 is 0 Å². The summed E-state index contributed by atoms with van der Waals surface area (Å²) in [4.78, 5) is 14.9. The van der Waals surface area contributed by atoms with Gasteiger partial charge in [0.25, 0.3) is 0 Å². The summed E-state index contributed by atoms with van der Waals surface area (Å²) in [6, 6.07) is 3.51. The molecule has 1 aliphatic heterocycles. The third-order valence-electron chi connectivity index (χ3n) is 5.06. The number of hydrogen-bond acceptors (Lipinski definition) is 4. The van der Waals surface area contributed by atoms with Gasteiger partial charge in [-0.3, -0.25) is 0 Å². The van der Waals surface area contributed by atoms with Gasteiger partial charge in [-0.05, 0) is 30.9 Å². The summed E-state index contributed by atoms with van der Waals surface area (Å²) in [6.45, 7) is 5.60. The molecule has 2 aromatic rings. The van der Waals surface area contributed by atoms with Crippen molar-refractivity contribution in [3.63, 3.8) is 0 Å². The van der Waals surface area contributed by atoms with Crippen LogP contribution < -0.4 is 10.1 Å². The quantitative estimate of drug-likeness (QED) is 0.335. The number of guanidine groups is 1. The average molecular weight is 552 g/mol. The van der Waals surface area contributed by atoms with Gasteiger partial charge >= 0.3 is 6.18 Å². The van der Waals surface area contributed by atoms with Crippen molar-refractivity contribution in [2.75, 3.05) is 26.2 Å². The zero-order valence-electron chi connectivity index (χ0n) is 17.5. The first-order chi connectivity index (χ1) is 14.4. The van der Waals surface area contributed by atoms with Crippen molar-refractivity contribution in [1.29, 1.82) is 0 Å². The highest BCUT2D eigenvalue weighted by atomic mass is 127. The average Bonchev–Trinajstić information content (AvgIpc) is 3.24. The molecule has 1 aliphatic rings. The van der Waals surface area contributed by atoms with Crippen LogP contribution in [0.2, 0.25) is 0 Å². The first kappa shape index (κ1) is 25.2. The van der Waals surface area contributed by atoms with Crippen molar-refractivity contribution in [2.24, 2.45) is 10.9 Å². The maximum Gasteiger partial charge on any atom is 0.422 e. The van der Waals surface area contributed by atoms with Gasteiger partial charge in [-0.15, -0.1) is 24.0 Å². The number of aromatic nitrogens is 3. The summed E-state index contributed by atoms with van der Waals surface area (Å²) >= 11 is 0. The van der Waals surface area contributed by atoms with Crippen molar-refractivity contribution >= 4 is 29.9 Å². The molecule has 2 aromatic heterocycles. The van der Waals surface area contributed by atoms with E-state index in [1.807, 2.05) is 19.4 Å². The van der Waals surface area contributed by atoms with Crippen molar-refractivity contribution in [3.8, 4) is 5.88 Å². The molecule has 2 atom stereocenters. The molecule has 172 valence electrons. The van der Waals surface area contributed by atoms with E-state index in [0.29, 0.717) is 18.5 Å². The van der Waals surface area contributed by atoms with E-state index in [4.69, 9.17) is 9.73 Å². The Balaban J connectivity index is 0.00000341. The Hall–Kier alpha value is -2.05. The van der Waals surface area contributed by atoms with Gasteiger partial charge in [-0.2, -0.15) is 13.2 Å². The minimum Gasteiger partial charge on any atom is -0.468 e. The Morgan fingerprint density at radius 2 is 2.16 bits per heavy atom. The molecule has 1 fully saturated rings. The first-order valence-corrected chi connectivity index (χ1v) is 10.0. The van der Waals surface area contributed by atoms with Crippen LogP contribution in [0.25, 0.3) is 0 Å². The molecule has 0 aliphatic carbocycles. The van der Waals surface area contributed by atoms with Crippen LogP contribution in [0.5, 0.6) is 5.88 Å². The highest BCUT2D eigenvalue weighted by molar-refractivity contribution is 14.0. The fraction of sp³-hybridized carbons (Fsp3) is 0.550. The zero-order chi connectivity index (χ0) is 21.6. The third-order valence-corrected chi connectivity index (χ3v) is 5.06. The number of aliphatic imine (C=N–C) groups is 1. The van der Waals surface area contributed by atoms with E-state index in [-0.39, 0.29) is 29.9 Å². The molecule has 0 saturated carbocycles. The number of hydrogen-bond donors (Lipinski definition) is 1. The minimum atomic E-state index is -4.40. The Labute approximate surface area is 197 Å². The van der Waals surface area contributed by atoms with Crippen LogP contribution in [-0.4, -0.2) is 57.8 Å². The van der Waals surface area contributed by atoms with Crippen molar-refractivity contribution < 1.29 is 17.9 Å². The number of imidazole rings is 1. The standard InChI is InChI=1S/C20H27F3N6O.HI/c1-3-25-19(28-8-5-15(2)17(12-28)29-9-7-24-14-29)27-11-16-4-6-26-18(10-16)30-13-20(21,22)23;/h4,6-7,9-10,14-15,17H,3,5,8,11-13H2,1-2H3,(H,25,27);1H. The summed E-state index contributed by atoms with van der Waals surface area (Å²) in [5, 5.41) is 3.32. The molecular weight excluding hydrogens is 524 g/mol. The number of halogens is 4. The third kappa shape index (κ3) is 7.54. The fourth-order valence-electron chi connectivity index (χ4n) is 3.47. The van der Waals surface area contributed by atoms with Crippen molar-refractivity contribution in [2.45, 2.75) is 39.0 Å². The Morgan fingerprint density at radius 1 is 1.35 bits per heavy atom. The molecule has 0 radical (unpaired) electrons. The van der Waals surface area contributed by atoms with E-state index in [1.54, 1.807) is 12.3 Å².